The van der Waals surface area contributed by atoms with Crippen molar-refractivity contribution in [3.63, 3.8) is 0 Å². The number of nitrogens with zero attached hydrogens (tertiary/aromatic N) is 1. The first-order valence-corrected chi connectivity index (χ1v) is 6.87. The van der Waals surface area contributed by atoms with Gasteiger partial charge in [0.2, 0.25) is 0 Å². The molecule has 16 heavy (non-hydrogen) atoms. The van der Waals surface area contributed by atoms with Crippen molar-refractivity contribution in [2.75, 3.05) is 26.2 Å². The monoisotopic (exact) mass is 226 g/mol. The van der Waals surface area contributed by atoms with E-state index in [2.05, 4.69) is 11.8 Å². The summed E-state index contributed by atoms with van der Waals surface area (Å²) in [4.78, 5) is 2.64. The maximum atomic E-state index is 5.95. The molecule has 2 rings (SSSR count). The first-order valence-electron chi connectivity index (χ1n) is 6.87. The fourth-order valence-electron chi connectivity index (χ4n) is 3.27. The lowest BCUT2D eigenvalue weighted by Crippen LogP contribution is -2.50. The van der Waals surface area contributed by atoms with Gasteiger partial charge in [0, 0.05) is 19.1 Å². The maximum absolute atomic E-state index is 5.95. The molecule has 94 valence electrons. The molecule has 0 bridgehead atoms. The molecule has 1 aliphatic carbocycles. The van der Waals surface area contributed by atoms with Crippen molar-refractivity contribution in [2.24, 2.45) is 11.7 Å². The van der Waals surface area contributed by atoms with E-state index in [9.17, 15) is 0 Å². The van der Waals surface area contributed by atoms with Crippen LogP contribution in [0.15, 0.2) is 0 Å². The number of hydrogen-bond donors (Lipinski definition) is 1. The van der Waals surface area contributed by atoms with Crippen molar-refractivity contribution in [3.8, 4) is 0 Å². The average Bonchev–Trinajstić information content (AvgIpc) is 2.53. The van der Waals surface area contributed by atoms with Gasteiger partial charge >= 0.3 is 0 Å². The van der Waals surface area contributed by atoms with Crippen LogP contribution in [0.3, 0.4) is 0 Å². The molecular formula is C13H26N2O. The number of nitrogens with two attached hydrogens (primary N) is 1. The van der Waals surface area contributed by atoms with Crippen LogP contribution in [0.1, 0.15) is 39.0 Å². The summed E-state index contributed by atoms with van der Waals surface area (Å²) in [6.07, 6.45) is 7.22. The normalized spacial score (nSPS) is 38.2. The number of rotatable bonds is 2. The summed E-state index contributed by atoms with van der Waals surface area (Å²) < 4.78 is 5.63. The Labute approximate surface area is 99.3 Å². The molecule has 1 saturated heterocycles. The summed E-state index contributed by atoms with van der Waals surface area (Å²) in [5.41, 5.74) is 5.95. The topological polar surface area (TPSA) is 38.5 Å². The van der Waals surface area contributed by atoms with E-state index in [0.717, 1.165) is 32.3 Å². The smallest absolute Gasteiger partial charge is 0.0674 e. The molecule has 0 aromatic heterocycles. The summed E-state index contributed by atoms with van der Waals surface area (Å²) in [5, 5.41) is 0. The van der Waals surface area contributed by atoms with E-state index < -0.39 is 0 Å². The lowest BCUT2D eigenvalue weighted by atomic mass is 9.93. The van der Waals surface area contributed by atoms with E-state index >= 15 is 0 Å². The zero-order chi connectivity index (χ0) is 11.4. The molecule has 0 radical (unpaired) electrons. The lowest BCUT2D eigenvalue weighted by molar-refractivity contribution is -0.0440. The Morgan fingerprint density at radius 1 is 1.25 bits per heavy atom. The number of ether oxygens (including phenoxy) is 1. The molecule has 2 N–H and O–H groups in total. The van der Waals surface area contributed by atoms with Crippen LogP contribution in [-0.2, 0) is 4.74 Å². The Hall–Kier alpha value is -0.120. The minimum Gasteiger partial charge on any atom is -0.376 e. The highest BCUT2D eigenvalue weighted by atomic mass is 16.5. The molecule has 0 spiro atoms. The zero-order valence-corrected chi connectivity index (χ0v) is 10.5. The molecule has 3 heteroatoms. The SMILES string of the molecule is CC1CN(C2CCCCCC2CN)CCO1. The molecule has 2 fully saturated rings. The number of morpholine rings is 1. The van der Waals surface area contributed by atoms with Crippen molar-refractivity contribution >= 4 is 0 Å². The Bertz CT molecular complexity index is 210. The van der Waals surface area contributed by atoms with E-state index in [4.69, 9.17) is 10.5 Å². The predicted molar refractivity (Wildman–Crippen MR) is 66.4 cm³/mol. The molecule has 0 amide bonds. The molecule has 3 nitrogen and oxygen atoms in total. The molecular weight excluding hydrogens is 200 g/mol. The molecule has 0 aromatic carbocycles. The van der Waals surface area contributed by atoms with Gasteiger partial charge in [-0.1, -0.05) is 19.3 Å². The molecule has 1 saturated carbocycles. The van der Waals surface area contributed by atoms with Crippen molar-refractivity contribution in [1.29, 1.82) is 0 Å². The summed E-state index contributed by atoms with van der Waals surface area (Å²) in [5.74, 6) is 0.716. The fraction of sp³-hybridized carbons (Fsp3) is 1.00. The minimum absolute atomic E-state index is 0.399. The Balaban J connectivity index is 1.97. The summed E-state index contributed by atoms with van der Waals surface area (Å²) in [6, 6.07) is 0.721. The maximum Gasteiger partial charge on any atom is 0.0674 e. The van der Waals surface area contributed by atoms with Crippen LogP contribution in [-0.4, -0.2) is 43.3 Å². The van der Waals surface area contributed by atoms with Crippen LogP contribution in [0.2, 0.25) is 0 Å². The van der Waals surface area contributed by atoms with Crippen LogP contribution < -0.4 is 5.73 Å². The van der Waals surface area contributed by atoms with Crippen LogP contribution in [0.5, 0.6) is 0 Å². The third kappa shape index (κ3) is 2.96. The van der Waals surface area contributed by atoms with Gasteiger partial charge in [0.25, 0.3) is 0 Å². The highest BCUT2D eigenvalue weighted by Crippen LogP contribution is 2.27. The molecule has 3 unspecified atom stereocenters. The van der Waals surface area contributed by atoms with E-state index in [1.165, 1.54) is 32.1 Å². The second-order valence-electron chi connectivity index (χ2n) is 5.38. The van der Waals surface area contributed by atoms with Gasteiger partial charge in [-0.15, -0.1) is 0 Å². The standard InChI is InChI=1S/C13H26N2O/c1-11-10-15(7-8-16-11)13-6-4-2-3-5-12(13)9-14/h11-13H,2-10,14H2,1H3. The van der Waals surface area contributed by atoms with Crippen LogP contribution in [0, 0.1) is 5.92 Å². The van der Waals surface area contributed by atoms with E-state index in [1.54, 1.807) is 0 Å². The zero-order valence-electron chi connectivity index (χ0n) is 10.5. The summed E-state index contributed by atoms with van der Waals surface area (Å²) in [6.45, 7) is 6.14. The van der Waals surface area contributed by atoms with Crippen LogP contribution in [0.4, 0.5) is 0 Å². The quantitative estimate of drug-likeness (QED) is 0.727. The van der Waals surface area contributed by atoms with Crippen LogP contribution >= 0.6 is 0 Å². The van der Waals surface area contributed by atoms with E-state index in [-0.39, 0.29) is 0 Å². The van der Waals surface area contributed by atoms with Crippen molar-refractivity contribution in [3.05, 3.63) is 0 Å². The minimum atomic E-state index is 0.399. The third-order valence-electron chi connectivity index (χ3n) is 4.16. The Morgan fingerprint density at radius 2 is 2.06 bits per heavy atom. The predicted octanol–water partition coefficient (Wildman–Crippen LogP) is 1.61. The molecule has 1 aliphatic heterocycles. The molecule has 0 aromatic rings. The van der Waals surface area contributed by atoms with Gasteiger partial charge in [0.15, 0.2) is 0 Å². The Kier molecular flexibility index (Phi) is 4.62. The fourth-order valence-corrected chi connectivity index (χ4v) is 3.27. The average molecular weight is 226 g/mol. The van der Waals surface area contributed by atoms with Gasteiger partial charge in [-0.3, -0.25) is 4.90 Å². The largest absolute Gasteiger partial charge is 0.376 e. The first kappa shape index (κ1) is 12.3. The number of hydrogen-bond acceptors (Lipinski definition) is 3. The highest BCUT2D eigenvalue weighted by Gasteiger charge is 2.30. The molecule has 3 atom stereocenters. The van der Waals surface area contributed by atoms with Gasteiger partial charge in [-0.25, -0.2) is 0 Å². The van der Waals surface area contributed by atoms with Gasteiger partial charge in [-0.2, -0.15) is 0 Å². The van der Waals surface area contributed by atoms with Gasteiger partial charge < -0.3 is 10.5 Å². The van der Waals surface area contributed by atoms with Crippen molar-refractivity contribution in [2.45, 2.75) is 51.2 Å². The van der Waals surface area contributed by atoms with Crippen molar-refractivity contribution in [1.82, 2.24) is 4.90 Å². The Morgan fingerprint density at radius 3 is 2.81 bits per heavy atom. The van der Waals surface area contributed by atoms with E-state index in [1.807, 2.05) is 0 Å². The first-order chi connectivity index (χ1) is 7.81. The van der Waals surface area contributed by atoms with Gasteiger partial charge in [0.05, 0.1) is 12.7 Å². The molecule has 2 aliphatic rings. The second-order valence-corrected chi connectivity index (χ2v) is 5.38. The third-order valence-corrected chi connectivity index (χ3v) is 4.16. The highest BCUT2D eigenvalue weighted by molar-refractivity contribution is 4.85. The van der Waals surface area contributed by atoms with Gasteiger partial charge in [0.1, 0.15) is 0 Å². The van der Waals surface area contributed by atoms with Crippen LogP contribution in [0.25, 0.3) is 0 Å². The summed E-state index contributed by atoms with van der Waals surface area (Å²) >= 11 is 0. The second kappa shape index (κ2) is 5.99. The van der Waals surface area contributed by atoms with Gasteiger partial charge in [-0.05, 0) is 32.2 Å². The van der Waals surface area contributed by atoms with E-state index in [0.29, 0.717) is 12.0 Å². The van der Waals surface area contributed by atoms with Crippen molar-refractivity contribution < 1.29 is 4.74 Å². The lowest BCUT2D eigenvalue weighted by Gasteiger charge is -2.40. The summed E-state index contributed by atoms with van der Waals surface area (Å²) in [7, 11) is 0. The molecule has 1 heterocycles.